The van der Waals surface area contributed by atoms with Gasteiger partial charge in [0.1, 0.15) is 11.5 Å². The van der Waals surface area contributed by atoms with Gasteiger partial charge in [-0.15, -0.1) is 0 Å². The molecule has 0 aromatic carbocycles. The van der Waals surface area contributed by atoms with Gasteiger partial charge in [0.25, 0.3) is 0 Å². The van der Waals surface area contributed by atoms with Crippen molar-refractivity contribution in [2.75, 3.05) is 6.61 Å². The topological polar surface area (TPSA) is 85.2 Å². The van der Waals surface area contributed by atoms with Crippen molar-refractivity contribution >= 4 is 5.78 Å². The third-order valence-corrected chi connectivity index (χ3v) is 9.50. The summed E-state index contributed by atoms with van der Waals surface area (Å²) in [6.45, 7) is 10.6. The number of hydrogen-bond acceptors (Lipinski definition) is 6. The van der Waals surface area contributed by atoms with Crippen molar-refractivity contribution in [2.45, 2.75) is 76.8 Å². The third-order valence-electron chi connectivity index (χ3n) is 9.50. The Hall–Kier alpha value is -0.790. The molecule has 154 valence electrons. The molecule has 6 nitrogen and oxygen atoms in total. The fourth-order valence-electron chi connectivity index (χ4n) is 8.72. The molecule has 7 aliphatic rings. The number of ketones is 1. The van der Waals surface area contributed by atoms with E-state index < -0.39 is 41.2 Å². The summed E-state index contributed by atoms with van der Waals surface area (Å²) in [6, 6.07) is 0. The molecule has 0 radical (unpaired) electrons. The first kappa shape index (κ1) is 18.0. The smallest absolute Gasteiger partial charge is 0.213 e. The lowest BCUT2D eigenvalue weighted by molar-refractivity contribution is -0.516. The Balaban J connectivity index is 1.67. The lowest BCUT2D eigenvalue weighted by Gasteiger charge is -2.77. The Labute approximate surface area is 165 Å². The minimum Gasteiger partial charge on any atom is -0.392 e. The molecule has 10 atom stereocenters. The molecular formula is C22H30O6. The summed E-state index contributed by atoms with van der Waals surface area (Å²) < 4.78 is 18.9. The molecule has 0 amide bonds. The molecule has 3 heterocycles. The average Bonchev–Trinajstić information content (AvgIpc) is 2.76. The van der Waals surface area contributed by atoms with Gasteiger partial charge in [-0.1, -0.05) is 20.4 Å². The second-order valence-electron chi connectivity index (χ2n) is 10.7. The monoisotopic (exact) mass is 390 g/mol. The summed E-state index contributed by atoms with van der Waals surface area (Å²) in [7, 11) is 0. The van der Waals surface area contributed by atoms with Crippen LogP contribution in [0.5, 0.6) is 0 Å². The maximum Gasteiger partial charge on any atom is 0.213 e. The highest BCUT2D eigenvalue weighted by molar-refractivity contribution is 6.05. The van der Waals surface area contributed by atoms with E-state index in [-0.39, 0.29) is 29.0 Å². The Morgan fingerprint density at radius 1 is 1.18 bits per heavy atom. The molecule has 7 rings (SSSR count). The molecule has 0 unspecified atom stereocenters. The maximum atomic E-state index is 13.8. The summed E-state index contributed by atoms with van der Waals surface area (Å²) in [6.07, 6.45) is 0.513. The fraction of sp³-hybridized carbons (Fsp3) is 0.864. The predicted octanol–water partition coefficient (Wildman–Crippen LogP) is 1.78. The van der Waals surface area contributed by atoms with E-state index in [1.165, 1.54) is 0 Å². The number of Topliss-reactive ketones (excluding diaryl/α,β-unsaturated/α-hetero) is 1. The summed E-state index contributed by atoms with van der Waals surface area (Å²) in [5.41, 5.74) is -1.39. The van der Waals surface area contributed by atoms with Crippen molar-refractivity contribution in [1.29, 1.82) is 0 Å². The molecule has 4 aliphatic carbocycles. The van der Waals surface area contributed by atoms with Gasteiger partial charge in [-0.3, -0.25) is 4.79 Å². The van der Waals surface area contributed by atoms with Crippen LogP contribution in [0.2, 0.25) is 0 Å². The van der Waals surface area contributed by atoms with Crippen molar-refractivity contribution in [1.82, 2.24) is 0 Å². The lowest BCUT2D eigenvalue weighted by Crippen LogP contribution is -2.87. The molecule has 3 spiro atoms. The van der Waals surface area contributed by atoms with Crippen LogP contribution < -0.4 is 0 Å². The van der Waals surface area contributed by atoms with Gasteiger partial charge in [-0.2, -0.15) is 0 Å². The number of carbonyl (C=O) groups excluding carboxylic acids is 1. The summed E-state index contributed by atoms with van der Waals surface area (Å²) >= 11 is 0. The molecule has 3 saturated heterocycles. The van der Waals surface area contributed by atoms with Crippen molar-refractivity contribution in [3.8, 4) is 0 Å². The zero-order valence-corrected chi connectivity index (χ0v) is 16.8. The van der Waals surface area contributed by atoms with Gasteiger partial charge < -0.3 is 24.4 Å². The molecule has 0 aromatic heterocycles. The number of rotatable bonds is 0. The zero-order valence-electron chi connectivity index (χ0n) is 16.8. The SMILES string of the molecule is C=C1C(=O)[C@@]23[C@@H]4O[C@@H](C)O[C@]25OC[C@@]2([C@H]([C@@H]5O)C(C)(C)CC[C@@H]2O)[C@@H]3CC[C@@H]14. The van der Waals surface area contributed by atoms with Crippen molar-refractivity contribution in [3.63, 3.8) is 0 Å². The highest BCUT2D eigenvalue weighted by Crippen LogP contribution is 2.78. The quantitative estimate of drug-likeness (QED) is 0.614. The minimum atomic E-state index is -1.42. The summed E-state index contributed by atoms with van der Waals surface area (Å²) in [4.78, 5) is 13.8. The van der Waals surface area contributed by atoms with Crippen LogP contribution in [0.25, 0.3) is 0 Å². The standard InChI is InChI=1S/C22H30O6/c1-10-12-5-6-13-20-9-26-22(17(25)15(20)19(3,4)8-7-14(20)23)21(13,16(10)24)18(12)27-11(2)28-22/h11-15,17-18,23,25H,1,5-9H2,2-4H3/t11-,12+,13+,14+,15-,17+,18-,20-,21+,22+/m1/s1. The Morgan fingerprint density at radius 2 is 1.93 bits per heavy atom. The predicted molar refractivity (Wildman–Crippen MR) is 97.8 cm³/mol. The number of ether oxygens (including phenoxy) is 3. The van der Waals surface area contributed by atoms with Gasteiger partial charge in [-0.05, 0) is 49.5 Å². The van der Waals surface area contributed by atoms with E-state index in [9.17, 15) is 15.0 Å². The van der Waals surface area contributed by atoms with Crippen LogP contribution in [0.1, 0.15) is 46.5 Å². The van der Waals surface area contributed by atoms with Gasteiger partial charge in [-0.25, -0.2) is 0 Å². The Kier molecular flexibility index (Phi) is 3.16. The van der Waals surface area contributed by atoms with Crippen LogP contribution in [0.4, 0.5) is 0 Å². The molecule has 6 heteroatoms. The molecule has 3 aliphatic heterocycles. The minimum absolute atomic E-state index is 0.0641. The van der Waals surface area contributed by atoms with Gasteiger partial charge >= 0.3 is 0 Å². The highest BCUT2D eigenvalue weighted by Gasteiger charge is 2.89. The lowest BCUT2D eigenvalue weighted by atomic mass is 9.35. The van der Waals surface area contributed by atoms with Gasteiger partial charge in [0.2, 0.25) is 5.79 Å². The number of carbonyl (C=O) groups is 1. The molecular weight excluding hydrogens is 360 g/mol. The molecule has 28 heavy (non-hydrogen) atoms. The van der Waals surface area contributed by atoms with Crippen LogP contribution in [-0.4, -0.2) is 53.0 Å². The largest absolute Gasteiger partial charge is 0.392 e. The normalized spacial score (nSPS) is 61.1. The van der Waals surface area contributed by atoms with Crippen molar-refractivity contribution in [3.05, 3.63) is 12.2 Å². The Bertz CT molecular complexity index is 792. The van der Waals surface area contributed by atoms with E-state index >= 15 is 0 Å². The third kappa shape index (κ3) is 1.50. The van der Waals surface area contributed by atoms with E-state index in [1.807, 2.05) is 6.92 Å². The first-order valence-electron chi connectivity index (χ1n) is 10.7. The summed E-state index contributed by atoms with van der Waals surface area (Å²) in [5.74, 6) is -1.90. The van der Waals surface area contributed by atoms with E-state index in [0.717, 1.165) is 19.3 Å². The van der Waals surface area contributed by atoms with Crippen LogP contribution in [0.3, 0.4) is 0 Å². The highest BCUT2D eigenvalue weighted by atomic mass is 16.8. The molecule has 0 aromatic rings. The summed E-state index contributed by atoms with van der Waals surface area (Å²) in [5, 5.41) is 23.2. The van der Waals surface area contributed by atoms with Crippen molar-refractivity contribution < 1.29 is 29.2 Å². The van der Waals surface area contributed by atoms with E-state index in [0.29, 0.717) is 18.6 Å². The molecule has 4 bridgehead atoms. The zero-order chi connectivity index (χ0) is 19.9. The second kappa shape index (κ2) is 4.92. The van der Waals surface area contributed by atoms with Crippen LogP contribution >= 0.6 is 0 Å². The Morgan fingerprint density at radius 3 is 2.68 bits per heavy atom. The second-order valence-corrected chi connectivity index (χ2v) is 10.7. The maximum absolute atomic E-state index is 13.8. The van der Waals surface area contributed by atoms with E-state index in [4.69, 9.17) is 14.2 Å². The van der Waals surface area contributed by atoms with Gasteiger partial charge in [0.15, 0.2) is 12.1 Å². The first-order chi connectivity index (χ1) is 13.1. The number of aliphatic hydroxyl groups is 2. The molecule has 2 N–H and O–H groups in total. The van der Waals surface area contributed by atoms with E-state index in [2.05, 4.69) is 20.4 Å². The molecule has 7 fully saturated rings. The number of hydrogen-bond donors (Lipinski definition) is 2. The van der Waals surface area contributed by atoms with Crippen LogP contribution in [0, 0.1) is 34.0 Å². The van der Waals surface area contributed by atoms with Crippen LogP contribution in [0.15, 0.2) is 12.2 Å². The van der Waals surface area contributed by atoms with Gasteiger partial charge in [0, 0.05) is 17.3 Å². The number of fused-ring (bicyclic) bond motifs is 1. The molecule has 4 saturated carbocycles. The fourth-order valence-corrected chi connectivity index (χ4v) is 8.72. The van der Waals surface area contributed by atoms with Crippen molar-refractivity contribution in [2.24, 2.45) is 34.0 Å². The van der Waals surface area contributed by atoms with Gasteiger partial charge in [0.05, 0.1) is 18.8 Å². The average molecular weight is 390 g/mol. The number of aliphatic hydroxyl groups excluding tert-OH is 2. The van der Waals surface area contributed by atoms with Crippen LogP contribution in [-0.2, 0) is 19.0 Å². The van der Waals surface area contributed by atoms with E-state index in [1.54, 1.807) is 0 Å². The first-order valence-corrected chi connectivity index (χ1v) is 10.7.